The van der Waals surface area contributed by atoms with Crippen molar-refractivity contribution in [1.82, 2.24) is 0 Å². The molecule has 0 aromatic heterocycles. The number of rotatable bonds is 7. The summed E-state index contributed by atoms with van der Waals surface area (Å²) in [5.41, 5.74) is 0. The van der Waals surface area contributed by atoms with Crippen molar-refractivity contribution < 1.29 is 19.7 Å². The molecule has 2 N–H and O–H groups in total. The summed E-state index contributed by atoms with van der Waals surface area (Å²) in [6.07, 6.45) is -0.720. The van der Waals surface area contributed by atoms with Crippen molar-refractivity contribution in [3.8, 4) is 11.8 Å². The van der Waals surface area contributed by atoms with Crippen molar-refractivity contribution in [2.24, 2.45) is 0 Å². The highest BCUT2D eigenvalue weighted by Crippen LogP contribution is 1.84. The Kier molecular flexibility index (Phi) is 9.05. The first-order valence-electron chi connectivity index (χ1n) is 4.18. The van der Waals surface area contributed by atoms with Crippen LogP contribution in [0.5, 0.6) is 0 Å². The van der Waals surface area contributed by atoms with Crippen LogP contribution in [-0.2, 0) is 9.47 Å². The molecule has 0 fully saturated rings. The molecule has 0 rings (SSSR count). The fraction of sp³-hybridized carbons (Fsp3) is 0.778. The second-order valence-electron chi connectivity index (χ2n) is 2.32. The SMILES string of the molecule is CC#CC(O)COCCOCCO. The predicted octanol–water partition coefficient (Wildman–Crippen LogP) is -0.604. The van der Waals surface area contributed by atoms with Gasteiger partial charge in [0.1, 0.15) is 6.10 Å². The molecule has 0 spiro atoms. The van der Waals surface area contributed by atoms with Crippen molar-refractivity contribution in [1.29, 1.82) is 0 Å². The van der Waals surface area contributed by atoms with Crippen LogP contribution in [0.3, 0.4) is 0 Å². The highest BCUT2D eigenvalue weighted by Gasteiger charge is 1.97. The Morgan fingerprint density at radius 1 is 1.23 bits per heavy atom. The lowest BCUT2D eigenvalue weighted by Gasteiger charge is -2.05. The van der Waals surface area contributed by atoms with Gasteiger partial charge in [0.25, 0.3) is 0 Å². The van der Waals surface area contributed by atoms with Gasteiger partial charge in [0.15, 0.2) is 0 Å². The number of hydrogen-bond acceptors (Lipinski definition) is 4. The summed E-state index contributed by atoms with van der Waals surface area (Å²) in [5.74, 6) is 5.13. The monoisotopic (exact) mass is 188 g/mol. The van der Waals surface area contributed by atoms with Gasteiger partial charge in [0.2, 0.25) is 0 Å². The maximum Gasteiger partial charge on any atom is 0.137 e. The van der Waals surface area contributed by atoms with Crippen molar-refractivity contribution in [3.63, 3.8) is 0 Å². The van der Waals surface area contributed by atoms with E-state index in [0.717, 1.165) is 0 Å². The zero-order valence-corrected chi connectivity index (χ0v) is 7.82. The van der Waals surface area contributed by atoms with Crippen LogP contribution in [0.25, 0.3) is 0 Å². The van der Waals surface area contributed by atoms with Gasteiger partial charge in [0, 0.05) is 0 Å². The number of ether oxygens (including phenoxy) is 2. The fourth-order valence-corrected chi connectivity index (χ4v) is 0.688. The molecule has 4 heteroatoms. The first-order valence-corrected chi connectivity index (χ1v) is 4.18. The molecule has 13 heavy (non-hydrogen) atoms. The van der Waals surface area contributed by atoms with E-state index in [9.17, 15) is 0 Å². The van der Waals surface area contributed by atoms with Crippen molar-refractivity contribution in [2.45, 2.75) is 13.0 Å². The molecule has 0 aliphatic rings. The van der Waals surface area contributed by atoms with Crippen molar-refractivity contribution >= 4 is 0 Å². The average Bonchev–Trinajstić information content (AvgIpc) is 2.11. The van der Waals surface area contributed by atoms with E-state index in [-0.39, 0.29) is 13.2 Å². The molecule has 0 aromatic rings. The van der Waals surface area contributed by atoms with Crippen molar-refractivity contribution in [3.05, 3.63) is 0 Å². The fourth-order valence-electron chi connectivity index (χ4n) is 0.688. The van der Waals surface area contributed by atoms with Crippen LogP contribution in [0.4, 0.5) is 0 Å². The number of aliphatic hydroxyl groups is 2. The summed E-state index contributed by atoms with van der Waals surface area (Å²) < 4.78 is 9.97. The quantitative estimate of drug-likeness (QED) is 0.413. The van der Waals surface area contributed by atoms with E-state index in [4.69, 9.17) is 19.7 Å². The average molecular weight is 188 g/mol. The highest BCUT2D eigenvalue weighted by molar-refractivity contribution is 5.01. The number of hydrogen-bond donors (Lipinski definition) is 2. The Bertz CT molecular complexity index is 159. The lowest BCUT2D eigenvalue weighted by Crippen LogP contribution is -2.15. The maximum atomic E-state index is 9.07. The minimum absolute atomic E-state index is 0.0178. The smallest absolute Gasteiger partial charge is 0.137 e. The van der Waals surface area contributed by atoms with Crippen LogP contribution < -0.4 is 0 Å². The molecule has 0 heterocycles. The molecule has 4 nitrogen and oxygen atoms in total. The van der Waals surface area contributed by atoms with Gasteiger partial charge in [0.05, 0.1) is 33.0 Å². The second-order valence-corrected chi connectivity index (χ2v) is 2.32. The largest absolute Gasteiger partial charge is 0.394 e. The zero-order chi connectivity index (χ0) is 9.94. The van der Waals surface area contributed by atoms with Gasteiger partial charge in [-0.2, -0.15) is 0 Å². The molecule has 0 radical (unpaired) electrons. The molecule has 0 aromatic carbocycles. The Morgan fingerprint density at radius 3 is 2.54 bits per heavy atom. The van der Waals surface area contributed by atoms with Gasteiger partial charge < -0.3 is 19.7 Å². The van der Waals surface area contributed by atoms with E-state index in [1.54, 1.807) is 6.92 Å². The van der Waals surface area contributed by atoms with Crippen LogP contribution in [0.1, 0.15) is 6.92 Å². The summed E-state index contributed by atoms with van der Waals surface area (Å²) in [6, 6.07) is 0. The highest BCUT2D eigenvalue weighted by atomic mass is 16.5. The Labute approximate surface area is 78.5 Å². The van der Waals surface area contributed by atoms with Crippen LogP contribution in [-0.4, -0.2) is 49.4 Å². The minimum Gasteiger partial charge on any atom is -0.394 e. The molecule has 76 valence electrons. The van der Waals surface area contributed by atoms with Crippen LogP contribution in [0.15, 0.2) is 0 Å². The van der Waals surface area contributed by atoms with Crippen LogP contribution in [0, 0.1) is 11.8 Å². The summed E-state index contributed by atoms with van der Waals surface area (Å²) in [7, 11) is 0. The summed E-state index contributed by atoms with van der Waals surface area (Å²) >= 11 is 0. The predicted molar refractivity (Wildman–Crippen MR) is 48.2 cm³/mol. The molecule has 1 unspecified atom stereocenters. The normalized spacial score (nSPS) is 11.9. The lowest BCUT2D eigenvalue weighted by molar-refractivity contribution is 0.0111. The van der Waals surface area contributed by atoms with Gasteiger partial charge in [-0.05, 0) is 6.92 Å². The first kappa shape index (κ1) is 12.4. The summed E-state index contributed by atoms with van der Waals surface area (Å²) in [4.78, 5) is 0. The standard InChI is InChI=1S/C9H16O4/c1-2-3-9(11)8-13-7-6-12-5-4-10/h9-11H,4-8H2,1H3. The number of aliphatic hydroxyl groups excluding tert-OH is 2. The molecule has 0 bridgehead atoms. The third-order valence-corrected chi connectivity index (χ3v) is 1.19. The summed E-state index contributed by atoms with van der Waals surface area (Å²) in [5, 5.41) is 17.4. The van der Waals surface area contributed by atoms with E-state index in [1.165, 1.54) is 0 Å². The van der Waals surface area contributed by atoms with Gasteiger partial charge in [-0.25, -0.2) is 0 Å². The van der Waals surface area contributed by atoms with E-state index in [0.29, 0.717) is 19.8 Å². The van der Waals surface area contributed by atoms with E-state index in [2.05, 4.69) is 11.8 Å². The Hall–Kier alpha value is -0.600. The summed E-state index contributed by atoms with van der Waals surface area (Å²) in [6.45, 7) is 3.02. The molecule has 0 saturated heterocycles. The van der Waals surface area contributed by atoms with Gasteiger partial charge >= 0.3 is 0 Å². The van der Waals surface area contributed by atoms with Gasteiger partial charge in [-0.3, -0.25) is 0 Å². The Balaban J connectivity index is 3.10. The second kappa shape index (κ2) is 9.49. The molecule has 0 aliphatic heterocycles. The molecule has 0 amide bonds. The van der Waals surface area contributed by atoms with Crippen LogP contribution in [0.2, 0.25) is 0 Å². The van der Waals surface area contributed by atoms with E-state index < -0.39 is 6.10 Å². The maximum absolute atomic E-state index is 9.07. The van der Waals surface area contributed by atoms with Crippen LogP contribution >= 0.6 is 0 Å². The van der Waals surface area contributed by atoms with E-state index in [1.807, 2.05) is 0 Å². The molecular weight excluding hydrogens is 172 g/mol. The third-order valence-electron chi connectivity index (χ3n) is 1.19. The first-order chi connectivity index (χ1) is 6.31. The third kappa shape index (κ3) is 9.31. The topological polar surface area (TPSA) is 58.9 Å². The van der Waals surface area contributed by atoms with Crippen molar-refractivity contribution in [2.75, 3.05) is 33.0 Å². The van der Waals surface area contributed by atoms with Gasteiger partial charge in [-0.1, -0.05) is 5.92 Å². The minimum atomic E-state index is -0.720. The Morgan fingerprint density at radius 2 is 1.92 bits per heavy atom. The molecular formula is C9H16O4. The zero-order valence-electron chi connectivity index (χ0n) is 7.82. The molecule has 1 atom stereocenters. The van der Waals surface area contributed by atoms with Gasteiger partial charge in [-0.15, -0.1) is 5.92 Å². The molecule has 0 aliphatic carbocycles. The lowest BCUT2D eigenvalue weighted by atomic mass is 10.4. The molecule has 0 saturated carbocycles. The van der Waals surface area contributed by atoms with E-state index >= 15 is 0 Å².